The van der Waals surface area contributed by atoms with Gasteiger partial charge in [0.05, 0.1) is 6.20 Å². The van der Waals surface area contributed by atoms with Gasteiger partial charge in [-0.15, -0.1) is 0 Å². The molecule has 1 fully saturated rings. The van der Waals surface area contributed by atoms with Crippen molar-refractivity contribution in [2.45, 2.75) is 38.6 Å². The van der Waals surface area contributed by atoms with Gasteiger partial charge in [0, 0.05) is 13.6 Å². The summed E-state index contributed by atoms with van der Waals surface area (Å²) in [5.41, 5.74) is 0.458. The lowest BCUT2D eigenvalue weighted by Gasteiger charge is -2.45. The van der Waals surface area contributed by atoms with Gasteiger partial charge in [-0.1, -0.05) is 6.92 Å². The van der Waals surface area contributed by atoms with E-state index in [0.29, 0.717) is 0 Å². The molecule has 1 amide bonds. The highest BCUT2D eigenvalue weighted by molar-refractivity contribution is 6.07. The lowest BCUT2D eigenvalue weighted by atomic mass is 9.89. The summed E-state index contributed by atoms with van der Waals surface area (Å²) in [7, 11) is 1.83. The van der Waals surface area contributed by atoms with Crippen LogP contribution in [-0.4, -0.2) is 35.0 Å². The number of fused-ring (bicyclic) bond motifs is 3. The molecule has 96 valence electrons. The first kappa shape index (κ1) is 11.4. The molecular weight excluding hydrogens is 228 g/mol. The number of rotatable bonds is 1. The van der Waals surface area contributed by atoms with Gasteiger partial charge in [0.1, 0.15) is 17.1 Å². The van der Waals surface area contributed by atoms with Crippen molar-refractivity contribution in [3.8, 4) is 0 Å². The summed E-state index contributed by atoms with van der Waals surface area (Å²) in [5.74, 6) is 1.86. The first-order valence-electron chi connectivity index (χ1n) is 6.49. The number of hydrogen-bond acceptors (Lipinski definition) is 4. The number of likely N-dealkylation sites (N-methyl/N-ethyl adjacent to an activating group) is 1. The van der Waals surface area contributed by atoms with Crippen LogP contribution in [0.4, 0.5) is 11.5 Å². The van der Waals surface area contributed by atoms with Crippen LogP contribution in [0, 0.1) is 6.92 Å². The van der Waals surface area contributed by atoms with Crippen LogP contribution in [-0.2, 0) is 4.79 Å². The fraction of sp³-hybridized carbons (Fsp3) is 0.615. The van der Waals surface area contributed by atoms with Crippen LogP contribution >= 0.6 is 0 Å². The van der Waals surface area contributed by atoms with E-state index in [-0.39, 0.29) is 11.4 Å². The maximum absolute atomic E-state index is 12.6. The number of aryl methyl sites for hydroxylation is 1. The van der Waals surface area contributed by atoms with Gasteiger partial charge in [0.25, 0.3) is 5.91 Å². The fourth-order valence-corrected chi connectivity index (χ4v) is 3.24. The summed E-state index contributed by atoms with van der Waals surface area (Å²) in [4.78, 5) is 25.3. The van der Waals surface area contributed by atoms with E-state index in [0.717, 1.165) is 43.1 Å². The van der Waals surface area contributed by atoms with E-state index in [1.54, 1.807) is 11.1 Å². The first-order chi connectivity index (χ1) is 8.60. The van der Waals surface area contributed by atoms with Crippen LogP contribution in [0.3, 0.4) is 0 Å². The average Bonchev–Trinajstić information content (AvgIpc) is 2.81. The highest BCUT2D eigenvalue weighted by atomic mass is 16.2. The largest absolute Gasteiger partial charge is 0.340 e. The molecule has 0 N–H and O–H groups in total. The standard InChI is InChI=1S/C13H18N4O/c1-4-13-6-5-7-17(13)11-10(16(3)12(13)18)8-14-9(2)15-11/h8H,4-7H2,1-3H3. The van der Waals surface area contributed by atoms with Gasteiger partial charge >= 0.3 is 0 Å². The van der Waals surface area contributed by atoms with Crippen LogP contribution < -0.4 is 9.80 Å². The van der Waals surface area contributed by atoms with E-state index in [1.165, 1.54) is 0 Å². The van der Waals surface area contributed by atoms with E-state index in [2.05, 4.69) is 21.8 Å². The SMILES string of the molecule is CCC12CCCN1c1nc(C)ncc1N(C)C2=O. The van der Waals surface area contributed by atoms with Gasteiger partial charge in [-0.3, -0.25) is 4.79 Å². The number of amides is 1. The molecule has 1 unspecified atom stereocenters. The van der Waals surface area contributed by atoms with Crippen LogP contribution in [0.15, 0.2) is 6.20 Å². The lowest BCUT2D eigenvalue weighted by molar-refractivity contribution is -0.123. The number of anilines is 2. The molecule has 0 radical (unpaired) electrons. The Morgan fingerprint density at radius 1 is 1.50 bits per heavy atom. The minimum atomic E-state index is -0.372. The first-order valence-corrected chi connectivity index (χ1v) is 6.49. The Bertz CT molecular complexity index is 516. The summed E-state index contributed by atoms with van der Waals surface area (Å²) in [5, 5.41) is 0. The van der Waals surface area contributed by atoms with Crippen LogP contribution in [0.5, 0.6) is 0 Å². The van der Waals surface area contributed by atoms with Crippen molar-refractivity contribution in [1.29, 1.82) is 0 Å². The summed E-state index contributed by atoms with van der Waals surface area (Å²) in [6.45, 7) is 4.89. The Morgan fingerprint density at radius 2 is 2.28 bits per heavy atom. The Balaban J connectivity index is 2.22. The second-order valence-electron chi connectivity index (χ2n) is 5.13. The summed E-state index contributed by atoms with van der Waals surface area (Å²) >= 11 is 0. The number of aromatic nitrogens is 2. The molecule has 0 bridgehead atoms. The number of carbonyl (C=O) groups is 1. The molecule has 3 heterocycles. The predicted octanol–water partition coefficient (Wildman–Crippen LogP) is 1.51. The molecule has 2 aliphatic heterocycles. The third-order valence-corrected chi connectivity index (χ3v) is 4.26. The number of carbonyl (C=O) groups excluding carboxylic acids is 1. The predicted molar refractivity (Wildman–Crippen MR) is 69.8 cm³/mol. The normalized spacial score (nSPS) is 26.3. The van der Waals surface area contributed by atoms with Crippen LogP contribution in [0.25, 0.3) is 0 Å². The lowest BCUT2D eigenvalue weighted by Crippen LogP contribution is -2.59. The van der Waals surface area contributed by atoms with Gasteiger partial charge in [-0.05, 0) is 26.2 Å². The van der Waals surface area contributed by atoms with Crippen molar-refractivity contribution < 1.29 is 4.79 Å². The molecule has 0 aromatic carbocycles. The Morgan fingerprint density at radius 3 is 3.00 bits per heavy atom. The van der Waals surface area contributed by atoms with E-state index in [9.17, 15) is 4.79 Å². The molecule has 2 aliphatic rings. The van der Waals surface area contributed by atoms with Gasteiger partial charge < -0.3 is 9.80 Å². The molecule has 1 aromatic rings. The zero-order valence-electron chi connectivity index (χ0n) is 11.1. The minimum absolute atomic E-state index is 0.183. The van der Waals surface area contributed by atoms with Gasteiger partial charge in [0.2, 0.25) is 0 Å². The molecule has 5 heteroatoms. The van der Waals surface area contributed by atoms with E-state index in [4.69, 9.17) is 0 Å². The number of nitrogens with zero attached hydrogens (tertiary/aromatic N) is 4. The summed E-state index contributed by atoms with van der Waals surface area (Å²) < 4.78 is 0. The molecular formula is C13H18N4O. The third-order valence-electron chi connectivity index (χ3n) is 4.26. The molecule has 1 aromatic heterocycles. The van der Waals surface area contributed by atoms with Gasteiger partial charge in [0.15, 0.2) is 5.82 Å². The zero-order chi connectivity index (χ0) is 12.9. The molecule has 0 saturated carbocycles. The molecule has 1 atom stereocenters. The van der Waals surface area contributed by atoms with E-state index < -0.39 is 0 Å². The van der Waals surface area contributed by atoms with Crippen molar-refractivity contribution in [1.82, 2.24) is 9.97 Å². The molecule has 18 heavy (non-hydrogen) atoms. The van der Waals surface area contributed by atoms with Crippen molar-refractivity contribution in [2.75, 3.05) is 23.4 Å². The van der Waals surface area contributed by atoms with Crippen molar-refractivity contribution >= 4 is 17.4 Å². The monoisotopic (exact) mass is 246 g/mol. The Kier molecular flexibility index (Phi) is 2.33. The third kappa shape index (κ3) is 1.24. The topological polar surface area (TPSA) is 49.3 Å². The van der Waals surface area contributed by atoms with E-state index in [1.807, 2.05) is 14.0 Å². The maximum atomic E-state index is 12.6. The van der Waals surface area contributed by atoms with Crippen molar-refractivity contribution in [2.24, 2.45) is 0 Å². The smallest absolute Gasteiger partial charge is 0.252 e. The van der Waals surface area contributed by atoms with Gasteiger partial charge in [-0.2, -0.15) is 0 Å². The second-order valence-corrected chi connectivity index (χ2v) is 5.13. The minimum Gasteiger partial charge on any atom is -0.340 e. The fourth-order valence-electron chi connectivity index (χ4n) is 3.24. The quantitative estimate of drug-likeness (QED) is 0.753. The summed E-state index contributed by atoms with van der Waals surface area (Å²) in [6, 6.07) is 0. The average molecular weight is 246 g/mol. The van der Waals surface area contributed by atoms with Crippen LogP contribution in [0.2, 0.25) is 0 Å². The summed E-state index contributed by atoms with van der Waals surface area (Å²) in [6.07, 6.45) is 4.57. The highest BCUT2D eigenvalue weighted by Crippen LogP contribution is 2.45. The zero-order valence-corrected chi connectivity index (χ0v) is 11.1. The molecule has 1 saturated heterocycles. The molecule has 3 rings (SSSR count). The molecule has 0 aliphatic carbocycles. The maximum Gasteiger partial charge on any atom is 0.252 e. The second kappa shape index (κ2) is 3.67. The highest BCUT2D eigenvalue weighted by Gasteiger charge is 2.52. The molecule has 5 nitrogen and oxygen atoms in total. The molecule has 0 spiro atoms. The van der Waals surface area contributed by atoms with Crippen LogP contribution in [0.1, 0.15) is 32.0 Å². The Hall–Kier alpha value is -1.65. The van der Waals surface area contributed by atoms with Crippen molar-refractivity contribution in [3.05, 3.63) is 12.0 Å². The van der Waals surface area contributed by atoms with Gasteiger partial charge in [-0.25, -0.2) is 9.97 Å². The van der Waals surface area contributed by atoms with E-state index >= 15 is 0 Å². The Labute approximate surface area is 107 Å². The van der Waals surface area contributed by atoms with Crippen molar-refractivity contribution in [3.63, 3.8) is 0 Å². The number of hydrogen-bond donors (Lipinski definition) is 0.